The second kappa shape index (κ2) is 11.1. The fourth-order valence-corrected chi connectivity index (χ4v) is 3.81. The van der Waals surface area contributed by atoms with Crippen LogP contribution in [-0.4, -0.2) is 33.6 Å². The minimum Gasteiger partial charge on any atom is -0.495 e. The van der Waals surface area contributed by atoms with Gasteiger partial charge >= 0.3 is 0 Å². The molecule has 1 heterocycles. The third kappa shape index (κ3) is 6.30. The standard InChI is InChI=1S/C22H26ClN5O3S/c1-14(2)15-4-7-17(8-5-15)31-13-20-26-27-22(28(20)24)32-11-10-21(29)25-18-12-16(23)6-9-19(18)30-3/h4-9,12,14H,10-11,13,24H2,1-3H3,(H,25,29). The van der Waals surface area contributed by atoms with Crippen molar-refractivity contribution in [1.29, 1.82) is 0 Å². The number of amides is 1. The molecule has 10 heteroatoms. The summed E-state index contributed by atoms with van der Waals surface area (Å²) in [5.41, 5.74) is 1.77. The Morgan fingerprint density at radius 3 is 2.66 bits per heavy atom. The number of carbonyl (C=O) groups is 1. The molecule has 0 unspecified atom stereocenters. The molecule has 0 saturated carbocycles. The van der Waals surface area contributed by atoms with Gasteiger partial charge in [-0.05, 0) is 41.8 Å². The predicted molar refractivity (Wildman–Crippen MR) is 127 cm³/mol. The molecule has 170 valence electrons. The predicted octanol–water partition coefficient (Wildman–Crippen LogP) is 4.48. The van der Waals surface area contributed by atoms with Gasteiger partial charge in [-0.25, -0.2) is 4.68 Å². The molecule has 0 aliphatic rings. The van der Waals surface area contributed by atoms with Crippen molar-refractivity contribution in [2.45, 2.75) is 37.9 Å². The number of aromatic nitrogens is 3. The molecule has 32 heavy (non-hydrogen) atoms. The van der Waals surface area contributed by atoms with Crippen LogP contribution in [0, 0.1) is 0 Å². The fourth-order valence-electron chi connectivity index (χ4n) is 2.83. The van der Waals surface area contributed by atoms with Gasteiger partial charge in [0.25, 0.3) is 0 Å². The molecule has 3 rings (SSSR count). The molecule has 1 amide bonds. The molecule has 8 nitrogen and oxygen atoms in total. The highest BCUT2D eigenvalue weighted by molar-refractivity contribution is 7.99. The molecule has 0 bridgehead atoms. The first-order chi connectivity index (χ1) is 15.4. The number of ether oxygens (including phenoxy) is 2. The largest absolute Gasteiger partial charge is 0.495 e. The van der Waals surface area contributed by atoms with Gasteiger partial charge in [-0.15, -0.1) is 10.2 Å². The normalized spacial score (nSPS) is 10.9. The number of methoxy groups -OCH3 is 1. The molecule has 3 N–H and O–H groups in total. The Hall–Kier alpha value is -2.91. The molecule has 1 aromatic heterocycles. The van der Waals surface area contributed by atoms with Crippen molar-refractivity contribution in [3.63, 3.8) is 0 Å². The molecule has 0 aliphatic heterocycles. The number of thioether (sulfide) groups is 1. The monoisotopic (exact) mass is 475 g/mol. The lowest BCUT2D eigenvalue weighted by atomic mass is 10.0. The smallest absolute Gasteiger partial charge is 0.225 e. The van der Waals surface area contributed by atoms with Crippen molar-refractivity contribution >= 4 is 35.0 Å². The van der Waals surface area contributed by atoms with Crippen LogP contribution in [0.1, 0.15) is 37.6 Å². The van der Waals surface area contributed by atoms with E-state index < -0.39 is 0 Å². The topological polar surface area (TPSA) is 104 Å². The number of carbonyl (C=O) groups excluding carboxylic acids is 1. The molecule has 0 atom stereocenters. The van der Waals surface area contributed by atoms with Crippen molar-refractivity contribution < 1.29 is 14.3 Å². The van der Waals surface area contributed by atoms with Gasteiger partial charge in [-0.3, -0.25) is 4.79 Å². The van der Waals surface area contributed by atoms with E-state index in [-0.39, 0.29) is 18.9 Å². The number of benzene rings is 2. The Kier molecular flexibility index (Phi) is 8.24. The highest BCUT2D eigenvalue weighted by Crippen LogP contribution is 2.28. The SMILES string of the molecule is COc1ccc(Cl)cc1NC(=O)CCSc1nnc(COc2ccc(C(C)C)cc2)n1N. The first-order valence-electron chi connectivity index (χ1n) is 10.1. The summed E-state index contributed by atoms with van der Waals surface area (Å²) in [7, 11) is 1.53. The van der Waals surface area contributed by atoms with Crippen LogP contribution in [0.5, 0.6) is 11.5 Å². The number of hydrogen-bond donors (Lipinski definition) is 2. The van der Waals surface area contributed by atoms with E-state index in [0.29, 0.717) is 39.1 Å². The van der Waals surface area contributed by atoms with Crippen LogP contribution < -0.4 is 20.6 Å². The summed E-state index contributed by atoms with van der Waals surface area (Å²) in [6, 6.07) is 13.0. The average molecular weight is 476 g/mol. The maximum atomic E-state index is 12.3. The van der Waals surface area contributed by atoms with E-state index in [1.807, 2.05) is 24.3 Å². The number of hydrogen-bond acceptors (Lipinski definition) is 7. The lowest BCUT2D eigenvalue weighted by Gasteiger charge is -2.10. The fraction of sp³-hybridized carbons (Fsp3) is 0.318. The van der Waals surface area contributed by atoms with E-state index in [9.17, 15) is 4.79 Å². The number of nitrogen functional groups attached to an aromatic ring is 1. The molecular weight excluding hydrogens is 450 g/mol. The van der Waals surface area contributed by atoms with E-state index in [2.05, 4.69) is 29.4 Å². The van der Waals surface area contributed by atoms with E-state index >= 15 is 0 Å². The summed E-state index contributed by atoms with van der Waals surface area (Å²) >= 11 is 7.33. The van der Waals surface area contributed by atoms with Crippen molar-refractivity contribution in [1.82, 2.24) is 14.9 Å². The zero-order chi connectivity index (χ0) is 23.1. The molecular formula is C22H26ClN5O3S. The van der Waals surface area contributed by atoms with Gasteiger partial charge in [-0.1, -0.05) is 49.3 Å². The summed E-state index contributed by atoms with van der Waals surface area (Å²) in [5.74, 6) is 8.62. The Morgan fingerprint density at radius 1 is 1.22 bits per heavy atom. The third-order valence-corrected chi connectivity index (χ3v) is 5.83. The van der Waals surface area contributed by atoms with Crippen LogP contribution in [0.2, 0.25) is 5.02 Å². The van der Waals surface area contributed by atoms with E-state index in [4.69, 9.17) is 26.9 Å². The molecule has 3 aromatic rings. The van der Waals surface area contributed by atoms with Crippen molar-refractivity contribution in [2.75, 3.05) is 24.0 Å². The minimum absolute atomic E-state index is 0.172. The van der Waals surface area contributed by atoms with Gasteiger partial charge in [0.2, 0.25) is 11.1 Å². The maximum Gasteiger partial charge on any atom is 0.225 e. The Morgan fingerprint density at radius 2 is 1.97 bits per heavy atom. The van der Waals surface area contributed by atoms with Crippen LogP contribution in [0.25, 0.3) is 0 Å². The first-order valence-corrected chi connectivity index (χ1v) is 11.4. The zero-order valence-electron chi connectivity index (χ0n) is 18.2. The number of nitrogens with two attached hydrogens (primary N) is 1. The van der Waals surface area contributed by atoms with Gasteiger partial charge in [-0.2, -0.15) is 0 Å². The molecule has 2 aromatic carbocycles. The highest BCUT2D eigenvalue weighted by atomic mass is 35.5. The van der Waals surface area contributed by atoms with Gasteiger partial charge in [0, 0.05) is 17.2 Å². The van der Waals surface area contributed by atoms with Crippen LogP contribution >= 0.6 is 23.4 Å². The summed E-state index contributed by atoms with van der Waals surface area (Å²) < 4.78 is 12.4. The van der Waals surface area contributed by atoms with E-state index in [1.54, 1.807) is 18.2 Å². The zero-order valence-corrected chi connectivity index (χ0v) is 19.7. The second-order valence-corrected chi connectivity index (χ2v) is 8.77. The van der Waals surface area contributed by atoms with Crippen molar-refractivity contribution in [2.24, 2.45) is 0 Å². The Bertz CT molecular complexity index is 1060. The molecule has 0 radical (unpaired) electrons. The molecule has 0 spiro atoms. The van der Waals surface area contributed by atoms with Crippen LogP contribution in [0.4, 0.5) is 5.69 Å². The number of rotatable bonds is 10. The number of halogens is 1. The van der Waals surface area contributed by atoms with Gasteiger partial charge < -0.3 is 20.6 Å². The van der Waals surface area contributed by atoms with Crippen LogP contribution in [0.3, 0.4) is 0 Å². The number of nitrogens with zero attached hydrogens (tertiary/aromatic N) is 3. The Labute approximate surface area is 196 Å². The lowest BCUT2D eigenvalue weighted by molar-refractivity contribution is -0.115. The third-order valence-electron chi connectivity index (χ3n) is 4.65. The lowest BCUT2D eigenvalue weighted by Crippen LogP contribution is -2.16. The van der Waals surface area contributed by atoms with Crippen LogP contribution in [0.15, 0.2) is 47.6 Å². The first kappa shape index (κ1) is 23.7. The number of nitrogens with one attached hydrogen (secondary N) is 1. The summed E-state index contributed by atoms with van der Waals surface area (Å²) in [6.07, 6.45) is 0.251. The minimum atomic E-state index is -0.172. The Balaban J connectivity index is 1.48. The van der Waals surface area contributed by atoms with Gasteiger partial charge in [0.1, 0.15) is 18.1 Å². The van der Waals surface area contributed by atoms with E-state index in [0.717, 1.165) is 5.75 Å². The van der Waals surface area contributed by atoms with Gasteiger partial charge in [0.15, 0.2) is 5.82 Å². The average Bonchev–Trinajstić information content (AvgIpc) is 3.12. The van der Waals surface area contributed by atoms with Gasteiger partial charge in [0.05, 0.1) is 12.8 Å². The molecule has 0 aliphatic carbocycles. The van der Waals surface area contributed by atoms with Crippen molar-refractivity contribution in [3.8, 4) is 11.5 Å². The molecule has 0 fully saturated rings. The summed E-state index contributed by atoms with van der Waals surface area (Å²) in [4.78, 5) is 12.3. The highest BCUT2D eigenvalue weighted by Gasteiger charge is 2.13. The van der Waals surface area contributed by atoms with Crippen molar-refractivity contribution in [3.05, 3.63) is 58.9 Å². The summed E-state index contributed by atoms with van der Waals surface area (Å²) in [6.45, 7) is 4.48. The molecule has 0 saturated heterocycles. The summed E-state index contributed by atoms with van der Waals surface area (Å²) in [5, 5.41) is 12.0. The van der Waals surface area contributed by atoms with E-state index in [1.165, 1.54) is 29.1 Å². The maximum absolute atomic E-state index is 12.3. The number of anilines is 1. The van der Waals surface area contributed by atoms with Crippen LogP contribution in [-0.2, 0) is 11.4 Å². The second-order valence-electron chi connectivity index (χ2n) is 7.27. The quantitative estimate of drug-likeness (QED) is 0.329.